The van der Waals surface area contributed by atoms with Crippen molar-refractivity contribution in [3.63, 3.8) is 0 Å². The van der Waals surface area contributed by atoms with E-state index in [1.54, 1.807) is 29.2 Å². The van der Waals surface area contributed by atoms with E-state index in [1.165, 1.54) is 12.1 Å². The molecule has 2 heterocycles. The summed E-state index contributed by atoms with van der Waals surface area (Å²) in [5, 5.41) is 2.78. The number of benzene rings is 3. The Morgan fingerprint density at radius 2 is 1.63 bits per heavy atom. The van der Waals surface area contributed by atoms with Crippen LogP contribution in [0, 0.1) is 0 Å². The van der Waals surface area contributed by atoms with Gasteiger partial charge in [0, 0.05) is 17.8 Å². The lowest BCUT2D eigenvalue weighted by atomic mass is 9.75. The molecular formula is C29H27F3N2O4. The van der Waals surface area contributed by atoms with Crippen molar-refractivity contribution >= 4 is 17.5 Å². The zero-order valence-electron chi connectivity index (χ0n) is 21.0. The molecule has 3 aromatic rings. The van der Waals surface area contributed by atoms with E-state index in [4.69, 9.17) is 9.47 Å². The first-order valence-corrected chi connectivity index (χ1v) is 12.5. The predicted molar refractivity (Wildman–Crippen MR) is 136 cm³/mol. The Balaban J connectivity index is 1.59. The molecule has 198 valence electrons. The van der Waals surface area contributed by atoms with Gasteiger partial charge in [-0.3, -0.25) is 9.59 Å². The van der Waals surface area contributed by atoms with Crippen molar-refractivity contribution in [2.75, 3.05) is 25.1 Å². The second-order valence-electron chi connectivity index (χ2n) is 9.19. The SMILES string of the molecule is CCOc1cc2c(cc1OCC)[C@H]1[C@@H](C(=O)Nc3ccc(C(F)(F)F)cc3)c3ccccc3C(=O)N1CC2. The lowest BCUT2D eigenvalue weighted by Crippen LogP contribution is -2.49. The number of halogens is 3. The summed E-state index contributed by atoms with van der Waals surface area (Å²) in [7, 11) is 0. The van der Waals surface area contributed by atoms with Gasteiger partial charge in [0.1, 0.15) is 0 Å². The number of nitrogens with one attached hydrogen (secondary N) is 1. The number of rotatable bonds is 6. The third-order valence-corrected chi connectivity index (χ3v) is 6.95. The Bertz CT molecular complexity index is 1370. The minimum absolute atomic E-state index is 0.165. The summed E-state index contributed by atoms with van der Waals surface area (Å²) in [6, 6.07) is 14.4. The van der Waals surface area contributed by atoms with E-state index < -0.39 is 29.6 Å². The number of hydrogen-bond acceptors (Lipinski definition) is 4. The number of fused-ring (bicyclic) bond motifs is 4. The van der Waals surface area contributed by atoms with Gasteiger partial charge >= 0.3 is 6.18 Å². The quantitative estimate of drug-likeness (QED) is 0.431. The minimum Gasteiger partial charge on any atom is -0.490 e. The Kier molecular flexibility index (Phi) is 6.77. The van der Waals surface area contributed by atoms with Crippen molar-refractivity contribution in [3.8, 4) is 11.5 Å². The molecule has 5 rings (SSSR count). The van der Waals surface area contributed by atoms with Gasteiger partial charge in [0.05, 0.1) is 30.7 Å². The van der Waals surface area contributed by atoms with Crippen molar-refractivity contribution in [1.82, 2.24) is 4.90 Å². The van der Waals surface area contributed by atoms with Crippen LogP contribution in [0.4, 0.5) is 18.9 Å². The van der Waals surface area contributed by atoms with Gasteiger partial charge in [0.2, 0.25) is 5.91 Å². The van der Waals surface area contributed by atoms with Gasteiger partial charge in [0.15, 0.2) is 11.5 Å². The summed E-state index contributed by atoms with van der Waals surface area (Å²) < 4.78 is 50.7. The first-order valence-electron chi connectivity index (χ1n) is 12.5. The number of anilines is 1. The number of carbonyl (C=O) groups is 2. The van der Waals surface area contributed by atoms with Crippen LogP contribution in [0.25, 0.3) is 0 Å². The highest BCUT2D eigenvalue weighted by Crippen LogP contribution is 2.48. The molecule has 9 heteroatoms. The van der Waals surface area contributed by atoms with Gasteiger partial charge in [-0.15, -0.1) is 0 Å². The molecule has 6 nitrogen and oxygen atoms in total. The zero-order chi connectivity index (χ0) is 27.0. The highest BCUT2D eigenvalue weighted by atomic mass is 19.4. The van der Waals surface area contributed by atoms with Crippen molar-refractivity contribution in [2.45, 2.75) is 38.4 Å². The van der Waals surface area contributed by atoms with Crippen LogP contribution in [0.1, 0.15) is 58.4 Å². The third kappa shape index (κ3) is 4.57. The maximum absolute atomic E-state index is 13.8. The van der Waals surface area contributed by atoms with E-state index in [1.807, 2.05) is 26.0 Å². The number of carbonyl (C=O) groups excluding carboxylic acids is 2. The predicted octanol–water partition coefficient (Wildman–Crippen LogP) is 5.98. The van der Waals surface area contributed by atoms with E-state index in [2.05, 4.69) is 5.32 Å². The molecule has 2 aliphatic heterocycles. The summed E-state index contributed by atoms with van der Waals surface area (Å²) >= 11 is 0. The zero-order valence-corrected chi connectivity index (χ0v) is 21.0. The fourth-order valence-electron chi connectivity index (χ4n) is 5.32. The third-order valence-electron chi connectivity index (χ3n) is 6.95. The second-order valence-corrected chi connectivity index (χ2v) is 9.19. The monoisotopic (exact) mass is 524 g/mol. The average Bonchev–Trinajstić information content (AvgIpc) is 2.89. The highest BCUT2D eigenvalue weighted by Gasteiger charge is 2.46. The molecule has 0 aliphatic carbocycles. The molecule has 0 bridgehead atoms. The van der Waals surface area contributed by atoms with Crippen LogP contribution in [0.5, 0.6) is 11.5 Å². The summed E-state index contributed by atoms with van der Waals surface area (Å²) in [4.78, 5) is 29.1. The number of alkyl halides is 3. The second kappa shape index (κ2) is 10.0. The molecule has 0 saturated carbocycles. The topological polar surface area (TPSA) is 67.9 Å². The molecule has 2 amide bonds. The number of amides is 2. The smallest absolute Gasteiger partial charge is 0.416 e. The average molecular weight is 525 g/mol. The molecule has 0 fully saturated rings. The van der Waals surface area contributed by atoms with Crippen LogP contribution in [0.2, 0.25) is 0 Å². The standard InChI is InChI=1S/C29H27F3N2O4/c1-3-37-23-15-17-13-14-34-26(22(17)16-24(23)38-4-2)25(20-7-5-6-8-21(20)28(34)36)27(35)33-19-11-9-18(10-12-19)29(30,31)32/h5-12,15-16,25-26H,3-4,13-14H2,1-2H3,(H,33,35)/t25-,26-/m0/s1. The maximum Gasteiger partial charge on any atom is 0.416 e. The molecule has 0 aromatic heterocycles. The minimum atomic E-state index is -4.48. The van der Waals surface area contributed by atoms with Gasteiger partial charge in [-0.2, -0.15) is 13.2 Å². The fourth-order valence-corrected chi connectivity index (χ4v) is 5.32. The van der Waals surface area contributed by atoms with Gasteiger partial charge in [-0.1, -0.05) is 18.2 Å². The maximum atomic E-state index is 13.8. The lowest BCUT2D eigenvalue weighted by molar-refractivity contribution is -0.137. The number of hydrogen-bond donors (Lipinski definition) is 1. The van der Waals surface area contributed by atoms with E-state index in [0.717, 1.165) is 23.3 Å². The van der Waals surface area contributed by atoms with Gasteiger partial charge < -0.3 is 19.7 Å². The molecule has 0 saturated heterocycles. The Hall–Kier alpha value is -4.01. The van der Waals surface area contributed by atoms with E-state index in [0.29, 0.717) is 48.8 Å². The van der Waals surface area contributed by atoms with Crippen LogP contribution in [-0.2, 0) is 17.4 Å². The van der Waals surface area contributed by atoms with Gasteiger partial charge in [-0.25, -0.2) is 0 Å². The summed E-state index contributed by atoms with van der Waals surface area (Å²) in [6.45, 7) is 5.02. The number of ether oxygens (including phenoxy) is 2. The van der Waals surface area contributed by atoms with Crippen LogP contribution < -0.4 is 14.8 Å². The first-order chi connectivity index (χ1) is 18.2. The Labute approximate surface area is 218 Å². The van der Waals surface area contributed by atoms with Crippen molar-refractivity contribution in [2.24, 2.45) is 0 Å². The van der Waals surface area contributed by atoms with Crippen molar-refractivity contribution < 1.29 is 32.2 Å². The largest absolute Gasteiger partial charge is 0.490 e. The molecule has 1 N–H and O–H groups in total. The molecule has 2 atom stereocenters. The van der Waals surface area contributed by atoms with Crippen molar-refractivity contribution in [1.29, 1.82) is 0 Å². The molecule has 0 unspecified atom stereocenters. The molecule has 38 heavy (non-hydrogen) atoms. The molecule has 3 aromatic carbocycles. The fraction of sp³-hybridized carbons (Fsp3) is 0.310. The van der Waals surface area contributed by atoms with Crippen LogP contribution in [0.3, 0.4) is 0 Å². The first kappa shape index (κ1) is 25.6. The van der Waals surface area contributed by atoms with Crippen molar-refractivity contribution in [3.05, 3.63) is 88.5 Å². The van der Waals surface area contributed by atoms with Gasteiger partial charge in [0.25, 0.3) is 5.91 Å². The van der Waals surface area contributed by atoms with Crippen LogP contribution in [-0.4, -0.2) is 36.5 Å². The summed E-state index contributed by atoms with van der Waals surface area (Å²) in [5.41, 5.74) is 2.20. The lowest BCUT2D eigenvalue weighted by Gasteiger charge is -2.45. The van der Waals surface area contributed by atoms with E-state index >= 15 is 0 Å². The Morgan fingerprint density at radius 3 is 2.29 bits per heavy atom. The van der Waals surface area contributed by atoms with Crippen LogP contribution >= 0.6 is 0 Å². The van der Waals surface area contributed by atoms with E-state index in [-0.39, 0.29) is 11.6 Å². The normalized spacial score (nSPS) is 18.2. The highest BCUT2D eigenvalue weighted by molar-refractivity contribution is 6.04. The Morgan fingerprint density at radius 1 is 0.974 bits per heavy atom. The molecule has 0 spiro atoms. The summed E-state index contributed by atoms with van der Waals surface area (Å²) in [6.07, 6.45) is -3.89. The van der Waals surface area contributed by atoms with Crippen LogP contribution in [0.15, 0.2) is 60.7 Å². The molecule has 2 aliphatic rings. The molecule has 0 radical (unpaired) electrons. The number of nitrogens with zero attached hydrogens (tertiary/aromatic N) is 1. The molecular weight excluding hydrogens is 497 g/mol. The van der Waals surface area contributed by atoms with Gasteiger partial charge in [-0.05, 0) is 79.4 Å². The summed E-state index contributed by atoms with van der Waals surface area (Å²) in [5.74, 6) is -0.239. The van der Waals surface area contributed by atoms with E-state index in [9.17, 15) is 22.8 Å².